The van der Waals surface area contributed by atoms with Crippen molar-refractivity contribution < 1.29 is 9.53 Å². The van der Waals surface area contributed by atoms with E-state index >= 15 is 0 Å². The van der Waals surface area contributed by atoms with Crippen molar-refractivity contribution in [3.8, 4) is 0 Å². The molecule has 2 heterocycles. The molecule has 0 bridgehead atoms. The smallest absolute Gasteiger partial charge is 0.222 e. The van der Waals surface area contributed by atoms with Gasteiger partial charge < -0.3 is 9.64 Å². The number of nitrogens with zero attached hydrogens (tertiary/aromatic N) is 1. The Hall–Kier alpha value is -0.870. The summed E-state index contributed by atoms with van der Waals surface area (Å²) in [5.41, 5.74) is 0. The summed E-state index contributed by atoms with van der Waals surface area (Å²) in [5.74, 6) is 0.924. The summed E-state index contributed by atoms with van der Waals surface area (Å²) in [4.78, 5) is 16.0. The predicted octanol–water partition coefficient (Wildman–Crippen LogP) is 3.10. The van der Waals surface area contributed by atoms with Crippen molar-refractivity contribution in [3.63, 3.8) is 0 Å². The first kappa shape index (κ1) is 14.1. The van der Waals surface area contributed by atoms with Crippen LogP contribution in [0.15, 0.2) is 17.5 Å². The summed E-state index contributed by atoms with van der Waals surface area (Å²) in [6.45, 7) is 2.63. The molecule has 1 atom stereocenters. The zero-order chi connectivity index (χ0) is 13.8. The van der Waals surface area contributed by atoms with Crippen molar-refractivity contribution in [1.29, 1.82) is 0 Å². The molecule has 1 saturated carbocycles. The molecule has 1 amide bonds. The molecule has 0 spiro atoms. The van der Waals surface area contributed by atoms with Gasteiger partial charge in [-0.25, -0.2) is 0 Å². The summed E-state index contributed by atoms with van der Waals surface area (Å²) in [6.07, 6.45) is 6.22. The second-order valence-electron chi connectivity index (χ2n) is 5.94. The molecule has 2 aliphatic rings. The van der Waals surface area contributed by atoms with Crippen molar-refractivity contribution in [2.75, 3.05) is 19.8 Å². The topological polar surface area (TPSA) is 29.5 Å². The van der Waals surface area contributed by atoms with Crippen LogP contribution in [0.3, 0.4) is 0 Å². The first-order valence-corrected chi connectivity index (χ1v) is 8.60. The van der Waals surface area contributed by atoms with E-state index in [1.807, 2.05) is 0 Å². The fraction of sp³-hybridized carbons (Fsp3) is 0.688. The third-order valence-electron chi connectivity index (χ3n) is 4.18. The van der Waals surface area contributed by atoms with Gasteiger partial charge in [0.1, 0.15) is 0 Å². The lowest BCUT2D eigenvalue weighted by Crippen LogP contribution is -2.37. The summed E-state index contributed by atoms with van der Waals surface area (Å²) in [6, 6.07) is 4.77. The van der Waals surface area contributed by atoms with E-state index in [4.69, 9.17) is 4.74 Å². The van der Waals surface area contributed by atoms with Crippen LogP contribution in [0.2, 0.25) is 0 Å². The van der Waals surface area contributed by atoms with E-state index in [-0.39, 0.29) is 0 Å². The average Bonchev–Trinajstić information content (AvgIpc) is 2.93. The highest BCUT2D eigenvalue weighted by atomic mass is 32.1. The van der Waals surface area contributed by atoms with Crippen molar-refractivity contribution in [3.05, 3.63) is 22.4 Å². The number of rotatable bonds is 7. The first-order valence-electron chi connectivity index (χ1n) is 7.72. The molecule has 1 aromatic rings. The van der Waals surface area contributed by atoms with Crippen LogP contribution < -0.4 is 0 Å². The summed E-state index contributed by atoms with van der Waals surface area (Å²) < 4.78 is 5.43. The van der Waals surface area contributed by atoms with Gasteiger partial charge in [-0.2, -0.15) is 0 Å². The Kier molecular flexibility index (Phi) is 4.73. The van der Waals surface area contributed by atoms with E-state index in [2.05, 4.69) is 22.4 Å². The maximum atomic E-state index is 12.4. The van der Waals surface area contributed by atoms with Gasteiger partial charge >= 0.3 is 0 Å². The van der Waals surface area contributed by atoms with Gasteiger partial charge in [0.2, 0.25) is 5.91 Å². The second kappa shape index (κ2) is 6.72. The summed E-state index contributed by atoms with van der Waals surface area (Å²) in [7, 11) is 0. The maximum absolute atomic E-state index is 12.4. The van der Waals surface area contributed by atoms with Crippen molar-refractivity contribution in [2.24, 2.45) is 5.92 Å². The van der Waals surface area contributed by atoms with E-state index in [1.54, 1.807) is 11.3 Å². The SMILES string of the molecule is O=C(CCCc1cccs1)N(CC1CCOC1)C1CC1. The monoisotopic (exact) mass is 293 g/mol. The molecule has 3 nitrogen and oxygen atoms in total. The Morgan fingerprint density at radius 2 is 2.30 bits per heavy atom. The number of thiophene rings is 1. The Morgan fingerprint density at radius 1 is 1.40 bits per heavy atom. The van der Waals surface area contributed by atoms with Gasteiger partial charge in [-0.15, -0.1) is 11.3 Å². The number of hydrogen-bond acceptors (Lipinski definition) is 3. The number of amides is 1. The van der Waals surface area contributed by atoms with Crippen LogP contribution in [-0.2, 0) is 16.0 Å². The standard InChI is InChI=1S/C16H23NO2S/c18-16(5-1-3-15-4-2-10-20-15)17(14-6-7-14)11-13-8-9-19-12-13/h2,4,10,13-14H,1,3,5-9,11-12H2. The Labute approximate surface area is 124 Å². The minimum Gasteiger partial charge on any atom is -0.381 e. The molecule has 4 heteroatoms. The average molecular weight is 293 g/mol. The van der Waals surface area contributed by atoms with Crippen molar-refractivity contribution >= 4 is 17.2 Å². The molecule has 1 saturated heterocycles. The van der Waals surface area contributed by atoms with Gasteiger partial charge in [-0.3, -0.25) is 4.79 Å². The van der Waals surface area contributed by atoms with Gasteiger partial charge in [0, 0.05) is 36.4 Å². The van der Waals surface area contributed by atoms with Gasteiger partial charge in [-0.1, -0.05) is 6.07 Å². The normalized spacial score (nSPS) is 22.1. The van der Waals surface area contributed by atoms with Crippen LogP contribution in [0, 0.1) is 5.92 Å². The minimum atomic E-state index is 0.357. The fourth-order valence-corrected chi connectivity index (χ4v) is 3.61. The minimum absolute atomic E-state index is 0.357. The Balaban J connectivity index is 1.45. The fourth-order valence-electron chi connectivity index (χ4n) is 2.86. The quantitative estimate of drug-likeness (QED) is 0.773. The lowest BCUT2D eigenvalue weighted by atomic mass is 10.1. The van der Waals surface area contributed by atoms with Crippen LogP contribution in [0.4, 0.5) is 0 Å². The van der Waals surface area contributed by atoms with E-state index in [1.165, 1.54) is 17.7 Å². The lowest BCUT2D eigenvalue weighted by Gasteiger charge is -2.25. The summed E-state index contributed by atoms with van der Waals surface area (Å²) in [5, 5.41) is 2.10. The molecule has 3 rings (SSSR count). The Morgan fingerprint density at radius 3 is 2.95 bits per heavy atom. The molecule has 2 fully saturated rings. The molecule has 1 unspecified atom stereocenters. The molecular weight excluding hydrogens is 270 g/mol. The molecule has 0 aromatic carbocycles. The third-order valence-corrected chi connectivity index (χ3v) is 5.12. The van der Waals surface area contributed by atoms with Crippen LogP contribution in [0.5, 0.6) is 0 Å². The van der Waals surface area contributed by atoms with Gasteiger partial charge in [-0.05, 0) is 43.6 Å². The molecule has 1 aliphatic carbocycles. The summed E-state index contributed by atoms with van der Waals surface area (Å²) >= 11 is 1.79. The van der Waals surface area contributed by atoms with Gasteiger partial charge in [0.15, 0.2) is 0 Å². The van der Waals surface area contributed by atoms with E-state index in [0.29, 0.717) is 24.3 Å². The van der Waals surface area contributed by atoms with E-state index in [9.17, 15) is 4.79 Å². The van der Waals surface area contributed by atoms with E-state index < -0.39 is 0 Å². The number of aryl methyl sites for hydroxylation is 1. The molecule has 0 radical (unpaired) electrons. The van der Waals surface area contributed by atoms with Gasteiger partial charge in [0.25, 0.3) is 0 Å². The zero-order valence-corrected chi connectivity index (χ0v) is 12.7. The van der Waals surface area contributed by atoms with Crippen LogP contribution >= 0.6 is 11.3 Å². The molecule has 1 aliphatic heterocycles. The molecule has 110 valence electrons. The van der Waals surface area contributed by atoms with Gasteiger partial charge in [0.05, 0.1) is 6.61 Å². The van der Waals surface area contributed by atoms with Crippen LogP contribution in [-0.4, -0.2) is 36.6 Å². The molecule has 0 N–H and O–H groups in total. The van der Waals surface area contributed by atoms with Crippen molar-refractivity contribution in [1.82, 2.24) is 4.90 Å². The second-order valence-corrected chi connectivity index (χ2v) is 6.97. The number of hydrogen-bond donors (Lipinski definition) is 0. The number of carbonyl (C=O) groups is 1. The third kappa shape index (κ3) is 3.83. The zero-order valence-electron chi connectivity index (χ0n) is 11.9. The highest BCUT2D eigenvalue weighted by Crippen LogP contribution is 2.29. The highest BCUT2D eigenvalue weighted by molar-refractivity contribution is 7.09. The highest BCUT2D eigenvalue weighted by Gasteiger charge is 2.34. The molecular formula is C16H23NO2S. The maximum Gasteiger partial charge on any atom is 0.222 e. The molecule has 20 heavy (non-hydrogen) atoms. The lowest BCUT2D eigenvalue weighted by molar-refractivity contribution is -0.132. The van der Waals surface area contributed by atoms with Crippen molar-refractivity contribution in [2.45, 2.75) is 44.6 Å². The number of ether oxygens (including phenoxy) is 1. The number of carbonyl (C=O) groups excluding carboxylic acids is 1. The molecule has 1 aromatic heterocycles. The largest absolute Gasteiger partial charge is 0.381 e. The first-order chi connectivity index (χ1) is 9.83. The van der Waals surface area contributed by atoms with Crippen LogP contribution in [0.25, 0.3) is 0 Å². The Bertz CT molecular complexity index is 422. The van der Waals surface area contributed by atoms with E-state index in [0.717, 1.165) is 39.0 Å². The van der Waals surface area contributed by atoms with Crippen LogP contribution in [0.1, 0.15) is 37.0 Å². The predicted molar refractivity (Wildman–Crippen MR) is 80.9 cm³/mol.